The van der Waals surface area contributed by atoms with Crippen LogP contribution in [0.15, 0.2) is 24.5 Å². The minimum Gasteiger partial charge on any atom is -0.492 e. The van der Waals surface area contributed by atoms with Crippen molar-refractivity contribution in [1.82, 2.24) is 24.7 Å². The van der Waals surface area contributed by atoms with Crippen molar-refractivity contribution in [2.75, 3.05) is 40.3 Å². The van der Waals surface area contributed by atoms with Gasteiger partial charge in [-0.3, -0.25) is 9.69 Å². The summed E-state index contributed by atoms with van der Waals surface area (Å²) in [6, 6.07) is 5.03. The second-order valence-electron chi connectivity index (χ2n) is 10.4. The first-order valence-corrected chi connectivity index (χ1v) is 12.8. The highest BCUT2D eigenvalue weighted by Gasteiger charge is 2.38. The summed E-state index contributed by atoms with van der Waals surface area (Å²) in [6.45, 7) is 8.77. The number of hydrogen-bond acceptors (Lipinski definition) is 6. The second kappa shape index (κ2) is 10.9. The number of piperazine rings is 1. The molecule has 3 atom stereocenters. The first-order valence-electron chi connectivity index (χ1n) is 12.8. The molecule has 3 heterocycles. The van der Waals surface area contributed by atoms with Gasteiger partial charge in [-0.25, -0.2) is 9.97 Å². The molecule has 7 nitrogen and oxygen atoms in total. The molecule has 0 spiro atoms. The van der Waals surface area contributed by atoms with Crippen molar-refractivity contribution in [2.45, 2.75) is 64.3 Å². The Morgan fingerprint density at radius 2 is 1.84 bits per heavy atom. The minimum absolute atomic E-state index is 0.0828. The molecule has 202 valence electrons. The molecule has 2 aliphatic rings. The third kappa shape index (κ3) is 5.90. The van der Waals surface area contributed by atoms with Crippen molar-refractivity contribution in [3.05, 3.63) is 52.6 Å². The van der Waals surface area contributed by atoms with Crippen molar-refractivity contribution in [3.8, 4) is 5.75 Å². The first-order chi connectivity index (χ1) is 17.5. The lowest BCUT2D eigenvalue weighted by Gasteiger charge is -2.48. The number of rotatable bonds is 6. The molecule has 1 amide bonds. The summed E-state index contributed by atoms with van der Waals surface area (Å²) in [4.78, 5) is 26.0. The SMILES string of the molecule is Cc1c(OCC(C)N(C)C)ccc([C@H]2CCC[C@H]3CN(C(=O)c4cnc(C(F)(F)F)nc4)CCN32)c1C. The monoisotopic (exact) mass is 519 g/mol. The second-order valence-corrected chi connectivity index (χ2v) is 10.4. The first kappa shape index (κ1) is 27.3. The quantitative estimate of drug-likeness (QED) is 0.561. The van der Waals surface area contributed by atoms with E-state index in [0.29, 0.717) is 32.3 Å². The van der Waals surface area contributed by atoms with Gasteiger partial charge in [0, 0.05) is 50.2 Å². The number of carbonyl (C=O) groups is 1. The topological polar surface area (TPSA) is 61.8 Å². The zero-order valence-electron chi connectivity index (χ0n) is 22.2. The predicted octanol–water partition coefficient (Wildman–Crippen LogP) is 4.49. The average Bonchev–Trinajstić information content (AvgIpc) is 2.88. The average molecular weight is 520 g/mol. The van der Waals surface area contributed by atoms with E-state index in [-0.39, 0.29) is 23.6 Å². The van der Waals surface area contributed by atoms with Crippen molar-refractivity contribution in [3.63, 3.8) is 0 Å². The fourth-order valence-corrected chi connectivity index (χ4v) is 5.23. The van der Waals surface area contributed by atoms with Gasteiger partial charge in [0.05, 0.1) is 5.56 Å². The molecular formula is C27H36F3N5O2. The third-order valence-corrected chi connectivity index (χ3v) is 7.88. The number of halogens is 3. The highest BCUT2D eigenvalue weighted by molar-refractivity contribution is 5.93. The van der Waals surface area contributed by atoms with Crippen LogP contribution in [-0.2, 0) is 6.18 Å². The van der Waals surface area contributed by atoms with Crippen molar-refractivity contribution in [1.29, 1.82) is 0 Å². The highest BCUT2D eigenvalue weighted by atomic mass is 19.4. The molecule has 0 aliphatic carbocycles. The number of hydrogen-bond donors (Lipinski definition) is 0. The molecule has 0 bridgehead atoms. The Morgan fingerprint density at radius 1 is 1.14 bits per heavy atom. The van der Waals surface area contributed by atoms with Crippen LogP contribution in [0.2, 0.25) is 0 Å². The van der Waals surface area contributed by atoms with E-state index in [0.717, 1.165) is 43.0 Å². The maximum absolute atomic E-state index is 13.0. The molecular weight excluding hydrogens is 483 g/mol. The number of nitrogens with zero attached hydrogens (tertiary/aromatic N) is 5. The van der Waals surface area contributed by atoms with E-state index in [9.17, 15) is 18.0 Å². The summed E-state index contributed by atoms with van der Waals surface area (Å²) >= 11 is 0. The molecule has 0 saturated carbocycles. The molecule has 2 aliphatic heterocycles. The molecule has 0 N–H and O–H groups in total. The number of piperidine rings is 1. The third-order valence-electron chi connectivity index (χ3n) is 7.88. The molecule has 37 heavy (non-hydrogen) atoms. The van der Waals surface area contributed by atoms with Gasteiger partial charge >= 0.3 is 6.18 Å². The Bertz CT molecular complexity index is 1110. The van der Waals surface area contributed by atoms with Gasteiger partial charge in [0.15, 0.2) is 0 Å². The Morgan fingerprint density at radius 3 is 2.49 bits per heavy atom. The number of ether oxygens (including phenoxy) is 1. The molecule has 10 heteroatoms. The maximum Gasteiger partial charge on any atom is 0.451 e. The van der Waals surface area contributed by atoms with Crippen LogP contribution in [-0.4, -0.2) is 83.0 Å². The number of likely N-dealkylation sites (N-methyl/N-ethyl adjacent to an activating group) is 1. The summed E-state index contributed by atoms with van der Waals surface area (Å²) in [5, 5.41) is 0. The van der Waals surface area contributed by atoms with Crippen LogP contribution in [0.1, 0.15) is 65.1 Å². The fraction of sp³-hybridized carbons (Fsp3) is 0.593. The zero-order chi connectivity index (χ0) is 26.9. The van der Waals surface area contributed by atoms with E-state index in [1.54, 1.807) is 4.90 Å². The van der Waals surface area contributed by atoms with E-state index in [1.807, 2.05) is 14.1 Å². The van der Waals surface area contributed by atoms with E-state index in [1.165, 1.54) is 11.1 Å². The smallest absolute Gasteiger partial charge is 0.451 e. The molecule has 1 unspecified atom stereocenters. The van der Waals surface area contributed by atoms with E-state index in [2.05, 4.69) is 52.7 Å². The number of fused-ring (bicyclic) bond motifs is 1. The summed E-state index contributed by atoms with van der Waals surface area (Å²) in [5.74, 6) is -0.647. The van der Waals surface area contributed by atoms with Gasteiger partial charge in [0.2, 0.25) is 5.82 Å². The van der Waals surface area contributed by atoms with Crippen LogP contribution >= 0.6 is 0 Å². The normalized spacial score (nSPS) is 21.6. The van der Waals surface area contributed by atoms with E-state index >= 15 is 0 Å². The summed E-state index contributed by atoms with van der Waals surface area (Å²) in [6.07, 6.45) is 0.400. The minimum atomic E-state index is -4.63. The van der Waals surface area contributed by atoms with E-state index < -0.39 is 12.0 Å². The Balaban J connectivity index is 1.45. The van der Waals surface area contributed by atoms with Gasteiger partial charge in [-0.2, -0.15) is 13.2 Å². The lowest BCUT2D eigenvalue weighted by Crippen LogP contribution is -2.57. The fourth-order valence-electron chi connectivity index (χ4n) is 5.23. The number of carbonyl (C=O) groups excluding carboxylic acids is 1. The van der Waals surface area contributed by atoms with Crippen LogP contribution in [0.3, 0.4) is 0 Å². The molecule has 2 aromatic rings. The molecule has 1 aromatic carbocycles. The largest absolute Gasteiger partial charge is 0.492 e. The van der Waals surface area contributed by atoms with Gasteiger partial charge < -0.3 is 14.5 Å². The van der Waals surface area contributed by atoms with Gasteiger partial charge in [-0.1, -0.05) is 6.07 Å². The van der Waals surface area contributed by atoms with Gasteiger partial charge in [0.25, 0.3) is 5.91 Å². The van der Waals surface area contributed by atoms with Gasteiger partial charge in [-0.05, 0) is 76.9 Å². The summed E-state index contributed by atoms with van der Waals surface area (Å²) < 4.78 is 44.5. The molecule has 2 saturated heterocycles. The van der Waals surface area contributed by atoms with Gasteiger partial charge in [0.1, 0.15) is 12.4 Å². The summed E-state index contributed by atoms with van der Waals surface area (Å²) in [5.41, 5.74) is 3.77. The van der Waals surface area contributed by atoms with Crippen LogP contribution in [0, 0.1) is 13.8 Å². The molecule has 0 radical (unpaired) electrons. The predicted molar refractivity (Wildman–Crippen MR) is 135 cm³/mol. The Kier molecular flexibility index (Phi) is 8.08. The van der Waals surface area contributed by atoms with Crippen LogP contribution in [0.4, 0.5) is 13.2 Å². The number of aromatic nitrogens is 2. The van der Waals surface area contributed by atoms with Crippen LogP contribution < -0.4 is 4.74 Å². The highest BCUT2D eigenvalue weighted by Crippen LogP contribution is 2.39. The lowest BCUT2D eigenvalue weighted by atomic mass is 9.86. The van der Waals surface area contributed by atoms with Crippen molar-refractivity contribution in [2.24, 2.45) is 0 Å². The Hall–Kier alpha value is -2.72. The lowest BCUT2D eigenvalue weighted by molar-refractivity contribution is -0.145. The maximum atomic E-state index is 13.0. The van der Waals surface area contributed by atoms with Crippen molar-refractivity contribution < 1.29 is 22.7 Å². The number of benzene rings is 1. The standard InChI is InChI=1S/C27H36F3N5O2/c1-17(33(4)5)16-37-24-10-9-22(18(2)19(24)3)23-8-6-7-21-15-34(11-12-35(21)23)25(36)20-13-31-26(32-14-20)27(28,29)30/h9-10,13-14,17,21,23H,6-8,11-12,15-16H2,1-5H3/t17?,21-,23+/m0/s1. The van der Waals surface area contributed by atoms with Crippen molar-refractivity contribution >= 4 is 5.91 Å². The molecule has 2 fully saturated rings. The van der Waals surface area contributed by atoms with Crippen LogP contribution in [0.25, 0.3) is 0 Å². The molecule has 1 aromatic heterocycles. The number of amides is 1. The molecule has 4 rings (SSSR count). The van der Waals surface area contributed by atoms with E-state index in [4.69, 9.17) is 4.74 Å². The summed E-state index contributed by atoms with van der Waals surface area (Å²) in [7, 11) is 4.08. The van der Waals surface area contributed by atoms with Crippen LogP contribution in [0.5, 0.6) is 5.75 Å². The van der Waals surface area contributed by atoms with Gasteiger partial charge in [-0.15, -0.1) is 0 Å². The number of alkyl halides is 3. The zero-order valence-corrected chi connectivity index (χ0v) is 22.2. The Labute approximate surface area is 216 Å².